The van der Waals surface area contributed by atoms with Gasteiger partial charge in [-0.1, -0.05) is 46.0 Å². The Morgan fingerprint density at radius 2 is 1.53 bits per heavy atom. The summed E-state index contributed by atoms with van der Waals surface area (Å²) in [6.07, 6.45) is 6.35. The molecule has 0 aliphatic heterocycles. The van der Waals surface area contributed by atoms with Gasteiger partial charge in [0.05, 0.1) is 12.1 Å². The summed E-state index contributed by atoms with van der Waals surface area (Å²) < 4.78 is 0. The molecule has 30 heavy (non-hydrogen) atoms. The lowest BCUT2D eigenvalue weighted by Gasteiger charge is -2.29. The topological polar surface area (TPSA) is 148 Å². The molecule has 1 aliphatic carbocycles. The molecule has 0 aromatic carbocycles. The molecule has 0 aromatic rings. The number of hydrogen-bond acceptors (Lipinski definition) is 6. The molecule has 1 fully saturated rings. The first kappa shape index (κ1) is 26.5. The summed E-state index contributed by atoms with van der Waals surface area (Å²) in [6, 6.07) is -1.87. The number of carbonyl (C=O) groups excluding carboxylic acids is 3. The van der Waals surface area contributed by atoms with Gasteiger partial charge in [0, 0.05) is 11.8 Å². The van der Waals surface area contributed by atoms with Gasteiger partial charge in [-0.15, -0.1) is 0 Å². The Hall–Kier alpha value is -1.51. The Balaban J connectivity index is 2.81. The number of Topliss-reactive ketones (excluding diaryl/α,β-unsaturated/α-hetero) is 1. The number of aliphatic hydroxyl groups is 1. The van der Waals surface area contributed by atoms with Crippen LogP contribution in [0.2, 0.25) is 0 Å². The van der Waals surface area contributed by atoms with Gasteiger partial charge in [0.2, 0.25) is 11.8 Å². The largest absolute Gasteiger partial charge is 0.391 e. The zero-order valence-corrected chi connectivity index (χ0v) is 18.9. The van der Waals surface area contributed by atoms with Crippen LogP contribution in [0.15, 0.2) is 0 Å². The number of carbonyl (C=O) groups is 3. The van der Waals surface area contributed by atoms with Crippen molar-refractivity contribution < 1.29 is 19.5 Å². The van der Waals surface area contributed by atoms with E-state index >= 15 is 0 Å². The summed E-state index contributed by atoms with van der Waals surface area (Å²) in [5.74, 6) is -1.01. The van der Waals surface area contributed by atoms with Crippen molar-refractivity contribution in [2.75, 3.05) is 13.1 Å². The van der Waals surface area contributed by atoms with E-state index in [2.05, 4.69) is 10.6 Å². The van der Waals surface area contributed by atoms with Crippen LogP contribution in [0, 0.1) is 17.8 Å². The van der Waals surface area contributed by atoms with Gasteiger partial charge in [-0.25, -0.2) is 0 Å². The number of ketones is 1. The fourth-order valence-corrected chi connectivity index (χ4v) is 4.17. The van der Waals surface area contributed by atoms with Crippen LogP contribution < -0.4 is 22.1 Å². The highest BCUT2D eigenvalue weighted by Gasteiger charge is 2.32. The molecule has 8 nitrogen and oxygen atoms in total. The van der Waals surface area contributed by atoms with Gasteiger partial charge < -0.3 is 27.2 Å². The monoisotopic (exact) mass is 426 g/mol. The number of nitrogens with one attached hydrogen (secondary N) is 2. The van der Waals surface area contributed by atoms with E-state index in [1.165, 1.54) is 26.2 Å². The summed E-state index contributed by atoms with van der Waals surface area (Å²) in [4.78, 5) is 38.1. The van der Waals surface area contributed by atoms with Crippen LogP contribution in [0.25, 0.3) is 0 Å². The standard InChI is InChI=1S/C22H42N4O4/c1-14(2)20(28)18(10-12-24)25-22(30)19(15(3)27)26-21(29)17(9-11-23)13-16-7-5-4-6-8-16/h14-19,27H,4-13,23-24H2,1-3H3,(H,25,30)(H,26,29)/t15-,17?,18-,19-/m0/s1. The Morgan fingerprint density at radius 1 is 0.933 bits per heavy atom. The molecule has 0 spiro atoms. The highest BCUT2D eigenvalue weighted by atomic mass is 16.3. The first-order valence-electron chi connectivity index (χ1n) is 11.4. The predicted octanol–water partition coefficient (Wildman–Crippen LogP) is 0.846. The number of rotatable bonds is 13. The van der Waals surface area contributed by atoms with Crippen LogP contribution in [0.5, 0.6) is 0 Å². The molecule has 0 radical (unpaired) electrons. The second-order valence-corrected chi connectivity index (χ2v) is 8.94. The number of hydrogen-bond donors (Lipinski definition) is 5. The lowest BCUT2D eigenvalue weighted by molar-refractivity contribution is -0.136. The maximum atomic E-state index is 12.9. The average Bonchev–Trinajstić information content (AvgIpc) is 2.70. The Bertz CT molecular complexity index is 547. The van der Waals surface area contributed by atoms with Crippen molar-refractivity contribution in [1.82, 2.24) is 10.6 Å². The average molecular weight is 427 g/mol. The lowest BCUT2D eigenvalue weighted by Crippen LogP contribution is -2.57. The van der Waals surface area contributed by atoms with Crippen molar-refractivity contribution in [2.45, 2.75) is 90.3 Å². The van der Waals surface area contributed by atoms with Gasteiger partial charge in [-0.3, -0.25) is 14.4 Å². The zero-order chi connectivity index (χ0) is 22.7. The molecule has 4 atom stereocenters. The molecule has 1 saturated carbocycles. The van der Waals surface area contributed by atoms with Crippen LogP contribution in [0.4, 0.5) is 0 Å². The summed E-state index contributed by atoms with van der Waals surface area (Å²) in [5.41, 5.74) is 11.3. The van der Waals surface area contributed by atoms with Gasteiger partial charge in [-0.05, 0) is 45.2 Å². The fourth-order valence-electron chi connectivity index (χ4n) is 4.17. The molecule has 0 saturated heterocycles. The second-order valence-electron chi connectivity index (χ2n) is 8.94. The van der Waals surface area contributed by atoms with Crippen LogP contribution >= 0.6 is 0 Å². The third-order valence-electron chi connectivity index (χ3n) is 5.98. The molecule has 8 heteroatoms. The normalized spacial score (nSPS) is 19.0. The molecule has 1 aliphatic rings. The van der Waals surface area contributed by atoms with Crippen LogP contribution in [-0.2, 0) is 14.4 Å². The molecule has 7 N–H and O–H groups in total. The van der Waals surface area contributed by atoms with E-state index in [4.69, 9.17) is 11.5 Å². The molecule has 2 amide bonds. The fraction of sp³-hybridized carbons (Fsp3) is 0.864. The van der Waals surface area contributed by atoms with Gasteiger partial charge in [-0.2, -0.15) is 0 Å². The van der Waals surface area contributed by atoms with E-state index in [1.807, 2.05) is 0 Å². The van der Waals surface area contributed by atoms with Crippen molar-refractivity contribution in [2.24, 2.45) is 29.2 Å². The highest BCUT2D eigenvalue weighted by Crippen LogP contribution is 2.30. The Labute approximate surface area is 180 Å². The first-order valence-corrected chi connectivity index (χ1v) is 11.4. The molecule has 174 valence electrons. The number of aliphatic hydroxyl groups excluding tert-OH is 1. The summed E-state index contributed by atoms with van der Waals surface area (Å²) in [6.45, 7) is 5.60. The zero-order valence-electron chi connectivity index (χ0n) is 18.9. The van der Waals surface area contributed by atoms with E-state index in [0.29, 0.717) is 25.3 Å². The minimum absolute atomic E-state index is 0.122. The third kappa shape index (κ3) is 8.70. The van der Waals surface area contributed by atoms with E-state index in [0.717, 1.165) is 19.3 Å². The molecular formula is C22H42N4O4. The molecule has 1 unspecified atom stereocenters. The van der Waals surface area contributed by atoms with E-state index < -0.39 is 24.1 Å². The van der Waals surface area contributed by atoms with Gasteiger partial charge in [0.1, 0.15) is 6.04 Å². The summed E-state index contributed by atoms with van der Waals surface area (Å²) >= 11 is 0. The van der Waals surface area contributed by atoms with Crippen LogP contribution in [-0.4, -0.2) is 54.0 Å². The van der Waals surface area contributed by atoms with Crippen molar-refractivity contribution in [3.63, 3.8) is 0 Å². The second kappa shape index (κ2) is 13.7. The van der Waals surface area contributed by atoms with E-state index in [1.54, 1.807) is 13.8 Å². The predicted molar refractivity (Wildman–Crippen MR) is 117 cm³/mol. The molecule has 0 heterocycles. The smallest absolute Gasteiger partial charge is 0.245 e. The number of amides is 2. The minimum atomic E-state index is -1.13. The lowest BCUT2D eigenvalue weighted by atomic mass is 9.81. The molecule has 1 rings (SSSR count). The molecular weight excluding hydrogens is 384 g/mol. The van der Waals surface area contributed by atoms with E-state index in [9.17, 15) is 19.5 Å². The molecule has 0 bridgehead atoms. The van der Waals surface area contributed by atoms with Gasteiger partial charge in [0.25, 0.3) is 0 Å². The SMILES string of the molecule is CC(C)C(=O)[C@H](CCN)NC(=O)[C@@H](NC(=O)C(CCN)CC1CCCCC1)[C@H](C)O. The Kier molecular flexibility index (Phi) is 12.1. The van der Waals surface area contributed by atoms with Crippen LogP contribution in [0.3, 0.4) is 0 Å². The van der Waals surface area contributed by atoms with Crippen molar-refractivity contribution >= 4 is 17.6 Å². The summed E-state index contributed by atoms with van der Waals surface area (Å²) in [5, 5.41) is 15.5. The first-order chi connectivity index (χ1) is 14.2. The highest BCUT2D eigenvalue weighted by molar-refractivity contribution is 5.94. The van der Waals surface area contributed by atoms with Gasteiger partial charge >= 0.3 is 0 Å². The maximum absolute atomic E-state index is 12.9. The number of nitrogens with two attached hydrogens (primary N) is 2. The molecule has 0 aromatic heterocycles. The minimum Gasteiger partial charge on any atom is -0.391 e. The quantitative estimate of drug-likeness (QED) is 0.295. The van der Waals surface area contributed by atoms with Gasteiger partial charge in [0.15, 0.2) is 5.78 Å². The maximum Gasteiger partial charge on any atom is 0.245 e. The van der Waals surface area contributed by atoms with Crippen molar-refractivity contribution in [3.8, 4) is 0 Å². The van der Waals surface area contributed by atoms with Crippen molar-refractivity contribution in [3.05, 3.63) is 0 Å². The van der Waals surface area contributed by atoms with E-state index in [-0.39, 0.29) is 30.1 Å². The third-order valence-corrected chi connectivity index (χ3v) is 5.98. The summed E-state index contributed by atoms with van der Waals surface area (Å²) in [7, 11) is 0. The Morgan fingerprint density at radius 3 is 2.03 bits per heavy atom. The van der Waals surface area contributed by atoms with Crippen molar-refractivity contribution in [1.29, 1.82) is 0 Å². The van der Waals surface area contributed by atoms with Crippen LogP contribution in [0.1, 0.15) is 72.1 Å².